The van der Waals surface area contributed by atoms with Crippen LogP contribution in [0.1, 0.15) is 27.8 Å². The van der Waals surface area contributed by atoms with E-state index in [4.69, 9.17) is 4.74 Å². The van der Waals surface area contributed by atoms with Crippen molar-refractivity contribution in [3.8, 4) is 5.75 Å². The second-order valence-corrected chi connectivity index (χ2v) is 5.63. The van der Waals surface area contributed by atoms with Crippen LogP contribution in [0, 0.1) is 20.8 Å². The van der Waals surface area contributed by atoms with Gasteiger partial charge in [0, 0.05) is 5.56 Å². The van der Waals surface area contributed by atoms with E-state index in [0.717, 1.165) is 28.0 Å². The number of ether oxygens (including phenoxy) is 1. The predicted molar refractivity (Wildman–Crippen MR) is 93.1 cm³/mol. The van der Waals surface area contributed by atoms with Gasteiger partial charge in [-0.05, 0) is 49.6 Å². The quantitative estimate of drug-likeness (QED) is 0.680. The molecule has 0 aliphatic rings. The molecule has 0 aromatic heterocycles. The molecule has 0 radical (unpaired) electrons. The first-order valence-corrected chi connectivity index (χ1v) is 7.52. The van der Waals surface area contributed by atoms with Crippen molar-refractivity contribution < 1.29 is 9.53 Å². The molecule has 0 spiro atoms. The van der Waals surface area contributed by atoms with Crippen molar-refractivity contribution in [1.29, 1.82) is 0 Å². The Bertz CT molecular complexity index is 696. The van der Waals surface area contributed by atoms with Crippen molar-refractivity contribution in [1.82, 2.24) is 5.43 Å². The van der Waals surface area contributed by atoms with Crippen LogP contribution in [-0.2, 0) is 11.2 Å². The van der Waals surface area contributed by atoms with E-state index in [1.165, 1.54) is 5.56 Å². The summed E-state index contributed by atoms with van der Waals surface area (Å²) < 4.78 is 5.09. The van der Waals surface area contributed by atoms with Crippen LogP contribution in [0.5, 0.6) is 5.75 Å². The van der Waals surface area contributed by atoms with Gasteiger partial charge in [0.15, 0.2) is 0 Å². The van der Waals surface area contributed by atoms with Crippen LogP contribution in [0.2, 0.25) is 0 Å². The van der Waals surface area contributed by atoms with Crippen molar-refractivity contribution in [2.24, 2.45) is 5.10 Å². The summed E-state index contributed by atoms with van der Waals surface area (Å²) in [5, 5.41) is 4.07. The average Bonchev–Trinajstić information content (AvgIpc) is 2.50. The van der Waals surface area contributed by atoms with Gasteiger partial charge in [0.2, 0.25) is 5.91 Å². The van der Waals surface area contributed by atoms with Crippen molar-refractivity contribution in [2.75, 3.05) is 7.11 Å². The fourth-order valence-corrected chi connectivity index (χ4v) is 2.53. The fraction of sp³-hybridized carbons (Fsp3) is 0.263. The zero-order valence-corrected chi connectivity index (χ0v) is 14.0. The third-order valence-electron chi connectivity index (χ3n) is 3.64. The lowest BCUT2D eigenvalue weighted by molar-refractivity contribution is -0.120. The van der Waals surface area contributed by atoms with Crippen molar-refractivity contribution in [3.63, 3.8) is 0 Å². The molecule has 0 aliphatic heterocycles. The van der Waals surface area contributed by atoms with Crippen LogP contribution in [0.25, 0.3) is 0 Å². The van der Waals surface area contributed by atoms with Gasteiger partial charge in [0.1, 0.15) is 5.75 Å². The molecule has 2 aromatic carbocycles. The highest BCUT2D eigenvalue weighted by Crippen LogP contribution is 2.14. The minimum Gasteiger partial charge on any atom is -0.497 e. The van der Waals surface area contributed by atoms with Crippen LogP contribution in [0.15, 0.2) is 41.5 Å². The third kappa shape index (κ3) is 4.68. The highest BCUT2D eigenvalue weighted by molar-refractivity contribution is 5.86. The topological polar surface area (TPSA) is 50.7 Å². The summed E-state index contributed by atoms with van der Waals surface area (Å²) in [6.45, 7) is 6.15. The van der Waals surface area contributed by atoms with E-state index < -0.39 is 0 Å². The molecule has 0 saturated heterocycles. The number of amides is 1. The molecule has 2 rings (SSSR count). The molecule has 0 heterocycles. The fourth-order valence-electron chi connectivity index (χ4n) is 2.53. The molecule has 1 amide bonds. The summed E-state index contributed by atoms with van der Waals surface area (Å²) in [7, 11) is 1.62. The largest absolute Gasteiger partial charge is 0.497 e. The Hall–Kier alpha value is -2.62. The van der Waals surface area contributed by atoms with Gasteiger partial charge in [-0.25, -0.2) is 5.43 Å². The highest BCUT2D eigenvalue weighted by atomic mass is 16.5. The maximum atomic E-state index is 11.9. The van der Waals surface area contributed by atoms with Gasteiger partial charge < -0.3 is 4.74 Å². The zero-order chi connectivity index (χ0) is 16.8. The summed E-state index contributed by atoms with van der Waals surface area (Å²) in [4.78, 5) is 11.9. The average molecular weight is 310 g/mol. The Morgan fingerprint density at radius 1 is 1.13 bits per heavy atom. The minimum absolute atomic E-state index is 0.145. The number of hydrazone groups is 1. The maximum absolute atomic E-state index is 11.9. The SMILES string of the molecule is COc1ccc(CC(=O)N/N=C\c2c(C)cc(C)cc2C)cc1. The number of nitrogens with zero attached hydrogens (tertiary/aromatic N) is 1. The number of hydrogen-bond donors (Lipinski definition) is 1. The van der Waals surface area contributed by atoms with Gasteiger partial charge in [-0.3, -0.25) is 4.79 Å². The molecule has 0 bridgehead atoms. The molecule has 120 valence electrons. The van der Waals surface area contributed by atoms with Gasteiger partial charge >= 0.3 is 0 Å². The first kappa shape index (κ1) is 16.7. The molecule has 0 fully saturated rings. The zero-order valence-electron chi connectivity index (χ0n) is 14.0. The normalized spacial score (nSPS) is 10.8. The van der Waals surface area contributed by atoms with Gasteiger partial charge in [0.05, 0.1) is 19.7 Å². The van der Waals surface area contributed by atoms with Crippen molar-refractivity contribution in [2.45, 2.75) is 27.2 Å². The summed E-state index contributed by atoms with van der Waals surface area (Å²) in [6.07, 6.45) is 1.99. The number of carbonyl (C=O) groups is 1. The van der Waals surface area contributed by atoms with E-state index in [1.54, 1.807) is 13.3 Å². The number of nitrogens with one attached hydrogen (secondary N) is 1. The molecule has 0 saturated carbocycles. The summed E-state index contributed by atoms with van der Waals surface area (Å²) in [5.41, 5.74) is 8.06. The van der Waals surface area contributed by atoms with E-state index in [-0.39, 0.29) is 12.3 Å². The Labute approximate surface area is 137 Å². The summed E-state index contributed by atoms with van der Waals surface area (Å²) >= 11 is 0. The summed E-state index contributed by atoms with van der Waals surface area (Å²) in [5.74, 6) is 0.631. The molecular weight excluding hydrogens is 288 g/mol. The van der Waals surface area contributed by atoms with E-state index in [2.05, 4.69) is 29.6 Å². The maximum Gasteiger partial charge on any atom is 0.244 e. The molecule has 0 aliphatic carbocycles. The van der Waals surface area contributed by atoms with E-state index >= 15 is 0 Å². The monoisotopic (exact) mass is 310 g/mol. The van der Waals surface area contributed by atoms with Crippen molar-refractivity contribution in [3.05, 3.63) is 64.2 Å². The lowest BCUT2D eigenvalue weighted by atomic mass is 10.0. The second kappa shape index (κ2) is 7.58. The number of benzene rings is 2. The third-order valence-corrected chi connectivity index (χ3v) is 3.64. The molecule has 23 heavy (non-hydrogen) atoms. The number of hydrogen-bond acceptors (Lipinski definition) is 3. The number of methoxy groups -OCH3 is 1. The smallest absolute Gasteiger partial charge is 0.244 e. The van der Waals surface area contributed by atoms with Crippen LogP contribution in [-0.4, -0.2) is 19.2 Å². The van der Waals surface area contributed by atoms with E-state index in [0.29, 0.717) is 0 Å². The van der Waals surface area contributed by atoms with Crippen LogP contribution >= 0.6 is 0 Å². The molecule has 4 heteroatoms. The Morgan fingerprint density at radius 3 is 2.30 bits per heavy atom. The van der Waals surface area contributed by atoms with Gasteiger partial charge in [0.25, 0.3) is 0 Å². The van der Waals surface area contributed by atoms with Crippen LogP contribution in [0.3, 0.4) is 0 Å². The molecule has 4 nitrogen and oxygen atoms in total. The molecule has 1 N–H and O–H groups in total. The second-order valence-electron chi connectivity index (χ2n) is 5.63. The Kier molecular flexibility index (Phi) is 5.52. The van der Waals surface area contributed by atoms with Gasteiger partial charge in [-0.1, -0.05) is 29.8 Å². The lowest BCUT2D eigenvalue weighted by Gasteiger charge is -2.06. The molecule has 2 aromatic rings. The van der Waals surface area contributed by atoms with Gasteiger partial charge in [-0.15, -0.1) is 0 Å². The predicted octanol–water partition coefficient (Wildman–Crippen LogP) is 3.31. The first-order chi connectivity index (χ1) is 11.0. The standard InChI is InChI=1S/C19H22N2O2/c1-13-9-14(2)18(15(3)10-13)12-20-21-19(22)11-16-5-7-17(23-4)8-6-16/h5-10,12H,11H2,1-4H3,(H,21,22)/b20-12-. The van der Waals surface area contributed by atoms with Gasteiger partial charge in [-0.2, -0.15) is 5.10 Å². The van der Waals surface area contributed by atoms with Crippen LogP contribution < -0.4 is 10.2 Å². The summed E-state index contributed by atoms with van der Waals surface area (Å²) in [6, 6.07) is 11.6. The Balaban J connectivity index is 1.96. The molecule has 0 unspecified atom stereocenters. The highest BCUT2D eigenvalue weighted by Gasteiger charge is 2.04. The van der Waals surface area contributed by atoms with E-state index in [1.807, 2.05) is 38.1 Å². The molecular formula is C19H22N2O2. The minimum atomic E-state index is -0.145. The first-order valence-electron chi connectivity index (χ1n) is 7.52. The lowest BCUT2D eigenvalue weighted by Crippen LogP contribution is -2.19. The number of rotatable bonds is 5. The number of carbonyl (C=O) groups excluding carboxylic acids is 1. The van der Waals surface area contributed by atoms with Crippen molar-refractivity contribution >= 4 is 12.1 Å². The number of aryl methyl sites for hydroxylation is 3. The molecule has 0 atom stereocenters. The van der Waals surface area contributed by atoms with Crippen LogP contribution in [0.4, 0.5) is 0 Å². The van der Waals surface area contributed by atoms with E-state index in [9.17, 15) is 4.79 Å². The Morgan fingerprint density at radius 2 is 1.74 bits per heavy atom.